The van der Waals surface area contributed by atoms with Crippen LogP contribution in [0, 0.1) is 0 Å². The first-order chi connectivity index (χ1) is 20.9. The Balaban J connectivity index is 1.30. The molecule has 1 aromatic heterocycles. The van der Waals surface area contributed by atoms with Gasteiger partial charge in [0.05, 0.1) is 16.8 Å². The number of nitrogens with zero attached hydrogens (tertiary/aromatic N) is 3. The summed E-state index contributed by atoms with van der Waals surface area (Å²) in [5.74, 6) is 0.0657. The zero-order chi connectivity index (χ0) is 31.2. The van der Waals surface area contributed by atoms with E-state index < -0.39 is 23.5 Å². The van der Waals surface area contributed by atoms with Crippen LogP contribution in [-0.4, -0.2) is 29.9 Å². The second kappa shape index (κ2) is 11.1. The molecular formula is C33H25F6N3O2. The summed E-state index contributed by atoms with van der Waals surface area (Å²) >= 11 is 0. The van der Waals surface area contributed by atoms with Gasteiger partial charge in [0.2, 0.25) is 11.8 Å². The average molecular weight is 610 g/mol. The highest BCUT2D eigenvalue weighted by molar-refractivity contribution is 6.00. The molecule has 0 radical (unpaired) electrons. The number of aromatic nitrogens is 1. The zero-order valence-corrected chi connectivity index (χ0v) is 23.2. The Morgan fingerprint density at radius 1 is 0.545 bits per heavy atom. The highest BCUT2D eigenvalue weighted by Crippen LogP contribution is 2.39. The maximum atomic E-state index is 13.3. The van der Waals surface area contributed by atoms with E-state index in [0.29, 0.717) is 49.3 Å². The molecule has 5 nitrogen and oxygen atoms in total. The van der Waals surface area contributed by atoms with E-state index >= 15 is 0 Å². The number of carbonyl (C=O) groups excluding carboxylic acids is 2. The van der Waals surface area contributed by atoms with Gasteiger partial charge < -0.3 is 9.80 Å². The van der Waals surface area contributed by atoms with E-state index in [1.54, 1.807) is 21.9 Å². The van der Waals surface area contributed by atoms with Gasteiger partial charge in [0.15, 0.2) is 0 Å². The Labute approximate surface area is 248 Å². The fourth-order valence-corrected chi connectivity index (χ4v) is 5.61. The Kier molecular flexibility index (Phi) is 7.43. The number of hydrogen-bond donors (Lipinski definition) is 0. The first-order valence-corrected chi connectivity index (χ1v) is 14.0. The minimum atomic E-state index is -4.95. The molecular weight excluding hydrogens is 584 g/mol. The van der Waals surface area contributed by atoms with Gasteiger partial charge in [-0.2, -0.15) is 26.3 Å². The Bertz CT molecular complexity index is 1650. The van der Waals surface area contributed by atoms with Gasteiger partial charge in [0.25, 0.3) is 0 Å². The molecule has 2 saturated heterocycles. The standard InChI is InChI=1S/C33H25F6N3O2/c34-32(35,36)25-13-23(14-26(17-25)33(37,38)39)22-9-10-29(40-19-22)21-7-5-20(6-8-21)24-15-27(41-11-1-3-30(41)43)18-28(16-24)42-12-2-4-31(42)44/h5-10,13-19H,1-4,11-12H2. The van der Waals surface area contributed by atoms with E-state index in [1.165, 1.54) is 18.3 Å². The van der Waals surface area contributed by atoms with Crippen LogP contribution in [0.4, 0.5) is 37.7 Å². The molecule has 226 valence electrons. The first kappa shape index (κ1) is 29.4. The monoisotopic (exact) mass is 609 g/mol. The summed E-state index contributed by atoms with van der Waals surface area (Å²) < 4.78 is 79.9. The zero-order valence-electron chi connectivity index (χ0n) is 23.2. The van der Waals surface area contributed by atoms with E-state index in [2.05, 4.69) is 4.98 Å². The van der Waals surface area contributed by atoms with Gasteiger partial charge in [0, 0.05) is 54.6 Å². The molecule has 0 spiro atoms. The van der Waals surface area contributed by atoms with Crippen LogP contribution in [-0.2, 0) is 21.9 Å². The summed E-state index contributed by atoms with van der Waals surface area (Å²) in [7, 11) is 0. The predicted molar refractivity (Wildman–Crippen MR) is 154 cm³/mol. The number of carbonyl (C=O) groups is 2. The molecule has 2 amide bonds. The van der Waals surface area contributed by atoms with E-state index in [0.717, 1.165) is 35.3 Å². The summed E-state index contributed by atoms with van der Waals surface area (Å²) in [6.07, 6.45) is -6.18. The molecule has 11 heteroatoms. The van der Waals surface area contributed by atoms with Crippen LogP contribution in [0.1, 0.15) is 36.8 Å². The van der Waals surface area contributed by atoms with Crippen LogP contribution >= 0.6 is 0 Å². The van der Waals surface area contributed by atoms with Crippen LogP contribution in [0.3, 0.4) is 0 Å². The Morgan fingerprint density at radius 3 is 1.45 bits per heavy atom. The number of rotatable bonds is 5. The first-order valence-electron chi connectivity index (χ1n) is 14.0. The van der Waals surface area contributed by atoms with Gasteiger partial charge >= 0.3 is 12.4 Å². The largest absolute Gasteiger partial charge is 0.416 e. The number of hydrogen-bond acceptors (Lipinski definition) is 3. The summed E-state index contributed by atoms with van der Waals surface area (Å²) in [6.45, 7) is 1.21. The van der Waals surface area contributed by atoms with Crippen LogP contribution in [0.5, 0.6) is 0 Å². The fourth-order valence-electron chi connectivity index (χ4n) is 5.61. The van der Waals surface area contributed by atoms with Gasteiger partial charge in [-0.25, -0.2) is 0 Å². The van der Waals surface area contributed by atoms with Crippen molar-refractivity contribution in [1.29, 1.82) is 0 Å². The van der Waals surface area contributed by atoms with E-state index in [-0.39, 0.29) is 29.0 Å². The van der Waals surface area contributed by atoms with Gasteiger partial charge in [-0.05, 0) is 72.0 Å². The number of halogens is 6. The van der Waals surface area contributed by atoms with E-state index in [1.807, 2.05) is 30.3 Å². The molecule has 0 saturated carbocycles. The van der Waals surface area contributed by atoms with Gasteiger partial charge in [-0.1, -0.05) is 30.3 Å². The van der Waals surface area contributed by atoms with Gasteiger partial charge in [0.1, 0.15) is 0 Å². The van der Waals surface area contributed by atoms with Crippen molar-refractivity contribution in [3.8, 4) is 33.5 Å². The predicted octanol–water partition coefficient (Wildman–Crippen LogP) is 8.37. The number of amides is 2. The molecule has 0 atom stereocenters. The molecule has 6 rings (SSSR count). The van der Waals surface area contributed by atoms with Crippen molar-refractivity contribution in [2.45, 2.75) is 38.0 Å². The molecule has 4 aromatic rings. The van der Waals surface area contributed by atoms with Crippen molar-refractivity contribution in [1.82, 2.24) is 4.98 Å². The highest BCUT2D eigenvalue weighted by Gasteiger charge is 2.37. The molecule has 3 heterocycles. The third-order valence-corrected chi connectivity index (χ3v) is 7.87. The summed E-state index contributed by atoms with van der Waals surface area (Å²) in [4.78, 5) is 32.8. The summed E-state index contributed by atoms with van der Waals surface area (Å²) in [6, 6.07) is 17.4. The van der Waals surface area contributed by atoms with Crippen LogP contribution in [0.2, 0.25) is 0 Å². The van der Waals surface area contributed by atoms with Crippen molar-refractivity contribution < 1.29 is 35.9 Å². The third-order valence-electron chi connectivity index (χ3n) is 7.87. The number of benzene rings is 3. The smallest absolute Gasteiger partial charge is 0.312 e. The molecule has 2 fully saturated rings. The SMILES string of the molecule is O=C1CCCN1c1cc(-c2ccc(-c3ccc(-c4cc(C(F)(F)F)cc(C(F)(F)F)c4)cn3)cc2)cc(N2CCCC2=O)c1. The topological polar surface area (TPSA) is 53.5 Å². The van der Waals surface area contributed by atoms with Gasteiger partial charge in [-0.15, -0.1) is 0 Å². The lowest BCUT2D eigenvalue weighted by Crippen LogP contribution is -2.26. The maximum absolute atomic E-state index is 13.3. The second-order valence-electron chi connectivity index (χ2n) is 10.8. The van der Waals surface area contributed by atoms with Gasteiger partial charge in [-0.3, -0.25) is 14.6 Å². The Hall–Kier alpha value is -4.67. The molecule has 0 unspecified atom stereocenters. The molecule has 0 N–H and O–H groups in total. The lowest BCUT2D eigenvalue weighted by molar-refractivity contribution is -0.143. The van der Waals surface area contributed by atoms with Crippen LogP contribution in [0.25, 0.3) is 33.5 Å². The lowest BCUT2D eigenvalue weighted by Gasteiger charge is -2.22. The Morgan fingerprint density at radius 2 is 1.02 bits per heavy atom. The van der Waals surface area contributed by atoms with Crippen molar-refractivity contribution >= 4 is 23.2 Å². The van der Waals surface area contributed by atoms with E-state index in [4.69, 9.17) is 0 Å². The molecule has 0 bridgehead atoms. The van der Waals surface area contributed by atoms with Crippen LogP contribution in [0.15, 0.2) is 79.0 Å². The number of anilines is 2. The van der Waals surface area contributed by atoms with Crippen molar-refractivity contribution in [2.75, 3.05) is 22.9 Å². The minimum Gasteiger partial charge on any atom is -0.312 e. The molecule has 0 aliphatic carbocycles. The quantitative estimate of drug-likeness (QED) is 0.214. The van der Waals surface area contributed by atoms with Crippen LogP contribution < -0.4 is 9.80 Å². The summed E-state index contributed by atoms with van der Waals surface area (Å²) in [5.41, 5.74) is 1.34. The second-order valence-corrected chi connectivity index (χ2v) is 10.8. The highest BCUT2D eigenvalue weighted by atomic mass is 19.4. The number of alkyl halides is 6. The summed E-state index contributed by atoms with van der Waals surface area (Å²) in [5, 5.41) is 0. The van der Waals surface area contributed by atoms with E-state index in [9.17, 15) is 35.9 Å². The molecule has 3 aromatic carbocycles. The maximum Gasteiger partial charge on any atom is 0.416 e. The lowest BCUT2D eigenvalue weighted by atomic mass is 9.98. The molecule has 2 aliphatic rings. The third kappa shape index (κ3) is 5.91. The normalized spacial score (nSPS) is 15.9. The molecule has 2 aliphatic heterocycles. The minimum absolute atomic E-state index is 0.0329. The van der Waals surface area contributed by atoms with Crippen molar-refractivity contribution in [3.63, 3.8) is 0 Å². The molecule has 44 heavy (non-hydrogen) atoms. The van der Waals surface area contributed by atoms with Crippen molar-refractivity contribution in [3.05, 3.63) is 90.1 Å². The number of pyridine rings is 1. The average Bonchev–Trinajstić information content (AvgIpc) is 3.63. The fraction of sp³-hybridized carbons (Fsp3) is 0.242. The van der Waals surface area contributed by atoms with Crippen molar-refractivity contribution in [2.24, 2.45) is 0 Å².